The Morgan fingerprint density at radius 1 is 1.17 bits per heavy atom. The average molecular weight is 487 g/mol. The molecule has 35 heavy (non-hydrogen) atoms. The van der Waals surface area contributed by atoms with Gasteiger partial charge in [-0.15, -0.1) is 0 Å². The highest BCUT2D eigenvalue weighted by Crippen LogP contribution is 2.56. The van der Waals surface area contributed by atoms with E-state index in [9.17, 15) is 22.4 Å². The van der Waals surface area contributed by atoms with Crippen LogP contribution in [-0.4, -0.2) is 46.9 Å². The highest BCUT2D eigenvalue weighted by molar-refractivity contribution is 5.97. The molecule has 2 aliphatic rings. The lowest BCUT2D eigenvalue weighted by Gasteiger charge is -2.59. The molecule has 2 heterocycles. The number of aromatic amines is 1. The van der Waals surface area contributed by atoms with Crippen molar-refractivity contribution in [1.82, 2.24) is 15.1 Å². The summed E-state index contributed by atoms with van der Waals surface area (Å²) < 4.78 is 56.0. The van der Waals surface area contributed by atoms with Crippen LogP contribution in [0.5, 0.6) is 5.75 Å². The van der Waals surface area contributed by atoms with Crippen molar-refractivity contribution in [3.8, 4) is 17.0 Å². The smallest absolute Gasteiger partial charge is 0.422 e. The van der Waals surface area contributed by atoms with E-state index in [-0.39, 0.29) is 11.0 Å². The maximum absolute atomic E-state index is 13.6. The zero-order valence-electron chi connectivity index (χ0n) is 19.4. The summed E-state index contributed by atoms with van der Waals surface area (Å²) in [6, 6.07) is 11.3. The van der Waals surface area contributed by atoms with Gasteiger partial charge >= 0.3 is 6.18 Å². The van der Waals surface area contributed by atoms with Crippen LogP contribution in [0.1, 0.15) is 45.9 Å². The van der Waals surface area contributed by atoms with Crippen LogP contribution < -0.4 is 4.74 Å². The van der Waals surface area contributed by atoms with Crippen LogP contribution in [0.25, 0.3) is 11.3 Å². The average Bonchev–Trinajstić information content (AvgIpc) is 3.21. The predicted octanol–water partition coefficient (Wildman–Crippen LogP) is 5.79. The second-order valence-corrected chi connectivity index (χ2v) is 9.77. The summed E-state index contributed by atoms with van der Waals surface area (Å²) in [5.41, 5.74) is 5.42. The molecule has 1 aromatic heterocycles. The standard InChI is InChI=1S/C26H25F4N3O2/c1-15-4-3-5-19(16(15)2)22-9-21(31-32-22)17-10-25(11-17)12-33(13-25)24(34)20-7-6-18(27)8-23(20)35-14-26(28,29)30/h3-9,17H,10-14H2,1-2H3,(H,31,32). The lowest BCUT2D eigenvalue weighted by Crippen LogP contribution is -2.63. The van der Waals surface area contributed by atoms with Crippen LogP contribution in [0, 0.1) is 25.1 Å². The van der Waals surface area contributed by atoms with Gasteiger partial charge in [-0.05, 0) is 56.0 Å². The molecular weight excluding hydrogens is 462 g/mol. The van der Waals surface area contributed by atoms with Gasteiger partial charge in [0, 0.05) is 41.7 Å². The molecule has 1 spiro atoms. The molecule has 1 aliphatic carbocycles. The molecule has 184 valence electrons. The molecule has 1 N–H and O–H groups in total. The van der Waals surface area contributed by atoms with E-state index in [4.69, 9.17) is 4.74 Å². The van der Waals surface area contributed by atoms with Gasteiger partial charge in [0.05, 0.1) is 11.3 Å². The molecule has 1 aliphatic heterocycles. The third kappa shape index (κ3) is 4.51. The summed E-state index contributed by atoms with van der Waals surface area (Å²) in [4.78, 5) is 14.5. The van der Waals surface area contributed by atoms with Crippen molar-refractivity contribution in [2.45, 2.75) is 38.8 Å². The highest BCUT2D eigenvalue weighted by Gasteiger charge is 2.54. The van der Waals surface area contributed by atoms with Crippen LogP contribution in [0.2, 0.25) is 0 Å². The van der Waals surface area contributed by atoms with Crippen LogP contribution >= 0.6 is 0 Å². The molecule has 1 saturated carbocycles. The van der Waals surface area contributed by atoms with E-state index in [0.29, 0.717) is 19.0 Å². The van der Waals surface area contributed by atoms with Crippen molar-refractivity contribution in [1.29, 1.82) is 0 Å². The minimum atomic E-state index is -4.58. The van der Waals surface area contributed by atoms with Gasteiger partial charge in [-0.25, -0.2) is 4.39 Å². The first-order valence-corrected chi connectivity index (χ1v) is 11.4. The number of ether oxygens (including phenoxy) is 1. The van der Waals surface area contributed by atoms with Gasteiger partial charge in [-0.1, -0.05) is 18.2 Å². The number of carbonyl (C=O) groups excluding carboxylic acids is 1. The van der Waals surface area contributed by atoms with Gasteiger partial charge in [0.1, 0.15) is 11.6 Å². The topological polar surface area (TPSA) is 58.2 Å². The van der Waals surface area contributed by atoms with E-state index < -0.39 is 30.3 Å². The number of nitrogens with zero attached hydrogens (tertiary/aromatic N) is 2. The Morgan fingerprint density at radius 2 is 1.91 bits per heavy atom. The van der Waals surface area contributed by atoms with E-state index in [1.807, 2.05) is 6.07 Å². The SMILES string of the molecule is Cc1cccc(-c2cc(C3CC4(C3)CN(C(=O)c3ccc(F)cc3OCC(F)(F)F)C4)[nH]n2)c1C. The summed E-state index contributed by atoms with van der Waals surface area (Å²) in [5.74, 6) is -1.29. The summed E-state index contributed by atoms with van der Waals surface area (Å²) >= 11 is 0. The molecule has 1 amide bonds. The Labute approximate surface area is 200 Å². The lowest BCUT2D eigenvalue weighted by molar-refractivity contribution is -0.153. The number of rotatable bonds is 5. The molecule has 1 saturated heterocycles. The molecule has 0 unspecified atom stereocenters. The Kier molecular flexibility index (Phi) is 5.61. The number of aryl methyl sites for hydroxylation is 1. The third-order valence-electron chi connectivity index (χ3n) is 7.18. The minimum absolute atomic E-state index is 0.00211. The Balaban J connectivity index is 1.21. The number of hydrogen-bond acceptors (Lipinski definition) is 3. The fraction of sp³-hybridized carbons (Fsp3) is 0.385. The molecular formula is C26H25F4N3O2. The van der Waals surface area contributed by atoms with Crippen molar-refractivity contribution >= 4 is 5.91 Å². The van der Waals surface area contributed by atoms with Gasteiger partial charge in [-0.2, -0.15) is 18.3 Å². The molecule has 3 aromatic rings. The first-order chi connectivity index (χ1) is 16.5. The molecule has 2 fully saturated rings. The summed E-state index contributed by atoms with van der Waals surface area (Å²) in [6.45, 7) is 3.59. The first-order valence-electron chi connectivity index (χ1n) is 11.4. The maximum Gasteiger partial charge on any atom is 0.422 e. The number of hydrogen-bond donors (Lipinski definition) is 1. The van der Waals surface area contributed by atoms with Crippen molar-refractivity contribution in [2.75, 3.05) is 19.7 Å². The van der Waals surface area contributed by atoms with Crippen LogP contribution in [0.4, 0.5) is 17.6 Å². The second-order valence-electron chi connectivity index (χ2n) is 9.77. The first kappa shape index (κ1) is 23.4. The zero-order chi connectivity index (χ0) is 25.0. The zero-order valence-corrected chi connectivity index (χ0v) is 19.4. The summed E-state index contributed by atoms with van der Waals surface area (Å²) in [5, 5.41) is 7.67. The normalized spacial score (nSPS) is 17.3. The molecule has 5 nitrogen and oxygen atoms in total. The number of nitrogens with one attached hydrogen (secondary N) is 1. The summed E-state index contributed by atoms with van der Waals surface area (Å²) in [7, 11) is 0. The minimum Gasteiger partial charge on any atom is -0.483 e. The van der Waals surface area contributed by atoms with E-state index >= 15 is 0 Å². The number of H-pyrrole nitrogens is 1. The Morgan fingerprint density at radius 3 is 2.63 bits per heavy atom. The van der Waals surface area contributed by atoms with Crippen LogP contribution in [-0.2, 0) is 0 Å². The molecule has 9 heteroatoms. The molecule has 0 radical (unpaired) electrons. The molecule has 0 bridgehead atoms. The Bertz CT molecular complexity index is 1270. The molecule has 5 rings (SSSR count). The van der Waals surface area contributed by atoms with Gasteiger partial charge < -0.3 is 9.64 Å². The van der Waals surface area contributed by atoms with Gasteiger partial charge in [0.25, 0.3) is 5.91 Å². The number of carbonyl (C=O) groups is 1. The maximum atomic E-state index is 13.6. The van der Waals surface area contributed by atoms with Crippen molar-refractivity contribution in [3.05, 3.63) is 70.7 Å². The Hall–Kier alpha value is -3.36. The fourth-order valence-corrected chi connectivity index (χ4v) is 5.21. The van der Waals surface area contributed by atoms with Gasteiger partial charge in [0.2, 0.25) is 0 Å². The highest BCUT2D eigenvalue weighted by atomic mass is 19.4. The van der Waals surface area contributed by atoms with Crippen LogP contribution in [0.3, 0.4) is 0 Å². The summed E-state index contributed by atoms with van der Waals surface area (Å²) in [6.07, 6.45) is -2.79. The van der Waals surface area contributed by atoms with E-state index in [1.54, 1.807) is 4.90 Å². The monoisotopic (exact) mass is 487 g/mol. The quantitative estimate of drug-likeness (QED) is 0.463. The number of alkyl halides is 3. The number of benzene rings is 2. The number of likely N-dealkylation sites (tertiary alicyclic amines) is 1. The number of aromatic nitrogens is 2. The van der Waals surface area contributed by atoms with Crippen LogP contribution in [0.15, 0.2) is 42.5 Å². The molecule has 2 aromatic carbocycles. The second kappa shape index (κ2) is 8.39. The molecule has 0 atom stereocenters. The number of amides is 1. The van der Waals surface area contributed by atoms with Crippen molar-refractivity contribution in [3.63, 3.8) is 0 Å². The fourth-order valence-electron chi connectivity index (χ4n) is 5.21. The van der Waals surface area contributed by atoms with Crippen molar-refractivity contribution < 1.29 is 27.1 Å². The third-order valence-corrected chi connectivity index (χ3v) is 7.18. The van der Waals surface area contributed by atoms with Crippen molar-refractivity contribution in [2.24, 2.45) is 5.41 Å². The van der Waals surface area contributed by atoms with E-state index in [0.717, 1.165) is 41.9 Å². The number of halogens is 4. The predicted molar refractivity (Wildman–Crippen MR) is 122 cm³/mol. The largest absolute Gasteiger partial charge is 0.483 e. The lowest BCUT2D eigenvalue weighted by atomic mass is 9.57. The van der Waals surface area contributed by atoms with Gasteiger partial charge in [-0.3, -0.25) is 9.89 Å². The van der Waals surface area contributed by atoms with Gasteiger partial charge in [0.15, 0.2) is 6.61 Å². The van der Waals surface area contributed by atoms with E-state index in [2.05, 4.69) is 42.2 Å². The van der Waals surface area contributed by atoms with E-state index in [1.165, 1.54) is 17.2 Å².